The molecule has 0 saturated heterocycles. The molecule has 0 fully saturated rings. The summed E-state index contributed by atoms with van der Waals surface area (Å²) in [5.74, 6) is 2.13. The molecule has 2 aromatic heterocycles. The molecule has 9 rings (SSSR count). The van der Waals surface area contributed by atoms with Crippen LogP contribution in [0.3, 0.4) is 0 Å². The zero-order chi connectivity index (χ0) is 47.7. The quantitative estimate of drug-likeness (QED) is 0.135. The predicted molar refractivity (Wildman–Crippen MR) is 281 cm³/mol. The van der Waals surface area contributed by atoms with Crippen molar-refractivity contribution in [2.75, 3.05) is 9.80 Å². The molecular formula is C62H65N4OPt-3. The minimum atomic E-state index is -0.239. The monoisotopic (exact) mass is 1080 g/mol. The third-order valence-corrected chi connectivity index (χ3v) is 13.8. The van der Waals surface area contributed by atoms with Gasteiger partial charge in [-0.1, -0.05) is 186 Å². The number of pyridine rings is 1. The zero-order valence-electron chi connectivity index (χ0n) is 42.0. The summed E-state index contributed by atoms with van der Waals surface area (Å²) in [4.78, 5) is 9.34. The van der Waals surface area contributed by atoms with Gasteiger partial charge in [0.25, 0.3) is 0 Å². The maximum atomic E-state index is 7.00. The number of anilines is 2. The third kappa shape index (κ3) is 9.32. The van der Waals surface area contributed by atoms with Gasteiger partial charge in [-0.3, -0.25) is 0 Å². The molecule has 8 aromatic rings. The van der Waals surface area contributed by atoms with Crippen molar-refractivity contribution in [1.29, 1.82) is 0 Å². The molecule has 1 aliphatic heterocycles. The SMILES string of the molecule is CC(C)(C)c1cc(Oc2[c-]c3c(c(C(C)(C)C)c2)c2ccccc2n3-c2cc(C(C)(C)C)ccn2)[c-]c(N2C=CN(c3cc(C(C)(C)c4ccccc4)cc(C(C)(C)c4ccccc4)c3)[CH-]2)c1.[Pt]. The molecule has 0 aliphatic carbocycles. The van der Waals surface area contributed by atoms with Crippen molar-refractivity contribution in [1.82, 2.24) is 9.55 Å². The first-order valence-electron chi connectivity index (χ1n) is 23.7. The van der Waals surface area contributed by atoms with Crippen molar-refractivity contribution in [3.63, 3.8) is 0 Å². The molecule has 0 radical (unpaired) electrons. The minimum absolute atomic E-state index is 0. The van der Waals surface area contributed by atoms with Crippen molar-refractivity contribution in [2.24, 2.45) is 0 Å². The van der Waals surface area contributed by atoms with Gasteiger partial charge < -0.3 is 19.1 Å². The Morgan fingerprint density at radius 2 is 1.06 bits per heavy atom. The van der Waals surface area contributed by atoms with E-state index in [2.05, 4.69) is 269 Å². The van der Waals surface area contributed by atoms with E-state index >= 15 is 0 Å². The molecule has 1 aliphatic rings. The second kappa shape index (κ2) is 17.9. The molecule has 0 atom stereocenters. The maximum Gasteiger partial charge on any atom is 0.135 e. The largest absolute Gasteiger partial charge is 0.509 e. The van der Waals surface area contributed by atoms with E-state index in [1.165, 1.54) is 38.8 Å². The first kappa shape index (κ1) is 48.6. The van der Waals surface area contributed by atoms with Crippen molar-refractivity contribution < 1.29 is 25.8 Å². The summed E-state index contributed by atoms with van der Waals surface area (Å²) in [6.07, 6.45) is 6.19. The van der Waals surface area contributed by atoms with Crippen molar-refractivity contribution in [2.45, 2.75) is 117 Å². The predicted octanol–water partition coefficient (Wildman–Crippen LogP) is 16.0. The normalized spacial score (nSPS) is 13.7. The van der Waals surface area contributed by atoms with Gasteiger partial charge in [0.15, 0.2) is 0 Å². The van der Waals surface area contributed by atoms with Crippen LogP contribution in [0, 0.1) is 18.8 Å². The summed E-state index contributed by atoms with van der Waals surface area (Å²) < 4.78 is 9.26. The summed E-state index contributed by atoms with van der Waals surface area (Å²) in [7, 11) is 0. The van der Waals surface area contributed by atoms with Crippen LogP contribution in [0.5, 0.6) is 11.5 Å². The Bertz CT molecular complexity index is 3070. The minimum Gasteiger partial charge on any atom is -0.509 e. The smallest absolute Gasteiger partial charge is 0.135 e. The molecule has 6 aromatic carbocycles. The van der Waals surface area contributed by atoms with E-state index in [0.717, 1.165) is 39.2 Å². The Morgan fingerprint density at radius 3 is 1.65 bits per heavy atom. The molecule has 0 unspecified atom stereocenters. The van der Waals surface area contributed by atoms with E-state index in [1.54, 1.807) is 0 Å². The van der Waals surface area contributed by atoms with Crippen LogP contribution in [0.2, 0.25) is 0 Å². The maximum absolute atomic E-state index is 7.00. The molecule has 0 bridgehead atoms. The van der Waals surface area contributed by atoms with Crippen molar-refractivity contribution >= 4 is 33.2 Å². The molecule has 0 spiro atoms. The van der Waals surface area contributed by atoms with Crippen molar-refractivity contribution in [3.8, 4) is 17.3 Å². The third-order valence-electron chi connectivity index (χ3n) is 13.8. The first-order valence-corrected chi connectivity index (χ1v) is 23.7. The van der Waals surface area contributed by atoms with Gasteiger partial charge in [-0.05, 0) is 92.2 Å². The van der Waals surface area contributed by atoms with Crippen molar-refractivity contribution in [3.05, 3.63) is 210 Å². The summed E-state index contributed by atoms with van der Waals surface area (Å²) in [6, 6.07) is 55.7. The topological polar surface area (TPSA) is 33.5 Å². The summed E-state index contributed by atoms with van der Waals surface area (Å²) in [5.41, 5.74) is 11.7. The molecule has 0 amide bonds. The van der Waals surface area contributed by atoms with Gasteiger partial charge in [-0.2, -0.15) is 0 Å². The number of ether oxygens (including phenoxy) is 1. The van der Waals surface area contributed by atoms with Gasteiger partial charge in [0.05, 0.1) is 0 Å². The molecule has 68 heavy (non-hydrogen) atoms. The fraction of sp³-hybridized carbons (Fsp3) is 0.290. The fourth-order valence-electron chi connectivity index (χ4n) is 9.33. The molecule has 352 valence electrons. The zero-order valence-corrected chi connectivity index (χ0v) is 44.3. The van der Waals surface area contributed by atoms with Gasteiger partial charge >= 0.3 is 0 Å². The Balaban J connectivity index is 0.00000625. The Morgan fingerprint density at radius 1 is 0.500 bits per heavy atom. The second-order valence-electron chi connectivity index (χ2n) is 22.5. The Kier molecular flexibility index (Phi) is 12.8. The standard InChI is InChI=1S/C62H65N4O.Pt/c1-58(2,3)44-28-29-63-56(37-44)66-54-27-21-20-26-52(54)57-53(60(7,8)9)39-51(40-55(57)66)67-50-36-45(59(4,5)6)33-49(38-50)65-31-30-64(41-65)48-34-46(61(10,11)42-22-16-14-17-23-42)32-47(35-48)62(12,13)43-24-18-15-19-25-43;/h14-37,39,41H,1-13H3;/q-3;. The Labute approximate surface area is 420 Å². The summed E-state index contributed by atoms with van der Waals surface area (Å²) >= 11 is 0. The van der Waals surface area contributed by atoms with Crippen LogP contribution in [0.4, 0.5) is 11.4 Å². The van der Waals surface area contributed by atoms with Gasteiger partial charge in [0, 0.05) is 60.8 Å². The van der Waals surface area contributed by atoms with Crippen LogP contribution >= 0.6 is 0 Å². The number of fused-ring (bicyclic) bond motifs is 3. The number of para-hydroxylation sites is 1. The molecule has 0 N–H and O–H groups in total. The van der Waals surface area contributed by atoms with E-state index in [4.69, 9.17) is 9.72 Å². The summed E-state index contributed by atoms with van der Waals surface area (Å²) in [5, 5.41) is 2.33. The van der Waals surface area contributed by atoms with Gasteiger partial charge in [0.2, 0.25) is 0 Å². The van der Waals surface area contributed by atoms with Crippen LogP contribution in [0.1, 0.15) is 129 Å². The van der Waals surface area contributed by atoms with E-state index in [1.807, 2.05) is 6.20 Å². The van der Waals surface area contributed by atoms with Crippen LogP contribution in [0.25, 0.3) is 27.6 Å². The molecule has 0 saturated carbocycles. The number of hydrogen-bond donors (Lipinski definition) is 0. The number of hydrogen-bond acceptors (Lipinski definition) is 4. The van der Waals surface area contributed by atoms with Crippen LogP contribution in [0.15, 0.2) is 152 Å². The summed E-state index contributed by atoms with van der Waals surface area (Å²) in [6.45, 7) is 31.7. The van der Waals surface area contributed by atoms with Gasteiger partial charge in [0.1, 0.15) is 5.82 Å². The van der Waals surface area contributed by atoms with E-state index in [0.29, 0.717) is 11.5 Å². The average Bonchev–Trinajstić information content (AvgIpc) is 3.92. The van der Waals surface area contributed by atoms with Gasteiger partial charge in [-0.15, -0.1) is 53.8 Å². The number of rotatable bonds is 9. The number of nitrogens with zero attached hydrogens (tertiary/aromatic N) is 4. The number of aromatic nitrogens is 2. The average molecular weight is 1080 g/mol. The van der Waals surface area contributed by atoms with Gasteiger partial charge in [-0.25, -0.2) is 4.98 Å². The number of benzene rings is 6. The molecule has 6 heteroatoms. The van der Waals surface area contributed by atoms with E-state index in [-0.39, 0.29) is 48.1 Å². The van der Waals surface area contributed by atoms with Crippen LogP contribution in [-0.2, 0) is 48.1 Å². The van der Waals surface area contributed by atoms with Crippen LogP contribution in [-0.4, -0.2) is 9.55 Å². The first-order chi connectivity index (χ1) is 31.6. The second-order valence-corrected chi connectivity index (χ2v) is 22.5. The molecule has 5 nitrogen and oxygen atoms in total. The fourth-order valence-corrected chi connectivity index (χ4v) is 9.33. The van der Waals surface area contributed by atoms with Crippen LogP contribution < -0.4 is 14.5 Å². The molecular weight excluding hydrogens is 1010 g/mol. The van der Waals surface area contributed by atoms with E-state index < -0.39 is 0 Å². The van der Waals surface area contributed by atoms with E-state index in [9.17, 15) is 0 Å². The Hall–Kier alpha value is -5.90. The molecule has 3 heterocycles.